The first-order chi connectivity index (χ1) is 11.1. The second kappa shape index (κ2) is 11.4. The summed E-state index contributed by atoms with van der Waals surface area (Å²) >= 11 is 0. The third-order valence-corrected chi connectivity index (χ3v) is 4.81. The molecule has 1 rings (SSSR count). The molecule has 2 N–H and O–H groups in total. The second-order valence-corrected chi connectivity index (χ2v) is 6.89. The monoisotopic (exact) mass is 319 g/mol. The Hall–Kier alpha value is -1.18. The number of anilines is 1. The molecule has 0 fully saturated rings. The van der Waals surface area contributed by atoms with Crippen molar-refractivity contribution in [2.45, 2.75) is 91.9 Å². The number of aryl methyl sites for hydroxylation is 1. The number of hydrogen-bond donors (Lipinski definition) is 1. The van der Waals surface area contributed by atoms with Gasteiger partial charge in [-0.2, -0.15) is 0 Å². The third kappa shape index (κ3) is 7.28. The quantitative estimate of drug-likeness (QED) is 0.353. The van der Waals surface area contributed by atoms with Crippen LogP contribution in [0.3, 0.4) is 0 Å². The maximum absolute atomic E-state index is 6.02. The van der Waals surface area contributed by atoms with Crippen LogP contribution in [0.15, 0.2) is 6.07 Å². The van der Waals surface area contributed by atoms with Gasteiger partial charge in [-0.3, -0.25) is 0 Å². The van der Waals surface area contributed by atoms with Crippen molar-refractivity contribution in [2.24, 2.45) is 0 Å². The lowest BCUT2D eigenvalue weighted by Gasteiger charge is -2.15. The molecule has 0 atom stereocenters. The van der Waals surface area contributed by atoms with E-state index in [-0.39, 0.29) is 0 Å². The summed E-state index contributed by atoms with van der Waals surface area (Å²) in [5.41, 5.74) is 10.3. The van der Waals surface area contributed by atoms with Gasteiger partial charge < -0.3 is 10.5 Å². The van der Waals surface area contributed by atoms with E-state index in [4.69, 9.17) is 10.5 Å². The first-order valence-electron chi connectivity index (χ1n) is 9.57. The minimum Gasteiger partial charge on any atom is -0.493 e. The molecule has 0 aliphatic rings. The normalized spacial score (nSPS) is 11.0. The van der Waals surface area contributed by atoms with E-state index in [0.717, 1.165) is 35.6 Å². The summed E-state index contributed by atoms with van der Waals surface area (Å²) in [6.45, 7) is 9.35. The molecular formula is C21H37NO. The van der Waals surface area contributed by atoms with E-state index >= 15 is 0 Å². The highest BCUT2D eigenvalue weighted by Gasteiger charge is 2.09. The average Bonchev–Trinajstić information content (AvgIpc) is 2.53. The van der Waals surface area contributed by atoms with Crippen LogP contribution in [0.1, 0.15) is 87.8 Å². The van der Waals surface area contributed by atoms with Crippen molar-refractivity contribution in [3.8, 4) is 5.75 Å². The first kappa shape index (κ1) is 19.9. The van der Waals surface area contributed by atoms with E-state index in [1.165, 1.54) is 63.4 Å². The number of nitrogen functional groups attached to an aromatic ring is 1. The summed E-state index contributed by atoms with van der Waals surface area (Å²) < 4.78 is 6.02. The van der Waals surface area contributed by atoms with E-state index in [2.05, 4.69) is 27.7 Å². The Morgan fingerprint density at radius 2 is 1.30 bits per heavy atom. The molecule has 0 radical (unpaired) electrons. The van der Waals surface area contributed by atoms with Gasteiger partial charge in [0.15, 0.2) is 0 Å². The topological polar surface area (TPSA) is 35.2 Å². The molecule has 0 unspecified atom stereocenters. The molecule has 0 amide bonds. The van der Waals surface area contributed by atoms with Gasteiger partial charge in [-0.15, -0.1) is 0 Å². The van der Waals surface area contributed by atoms with Crippen molar-refractivity contribution in [3.05, 3.63) is 22.8 Å². The molecule has 0 aliphatic carbocycles. The Morgan fingerprint density at radius 1 is 0.783 bits per heavy atom. The Balaban J connectivity index is 2.11. The molecular weight excluding hydrogens is 282 g/mol. The minimum atomic E-state index is 0.821. The molecule has 0 aromatic heterocycles. The van der Waals surface area contributed by atoms with Gasteiger partial charge in [-0.05, 0) is 49.9 Å². The van der Waals surface area contributed by atoms with E-state index in [9.17, 15) is 0 Å². The molecule has 1 aromatic rings. The van der Waals surface area contributed by atoms with Crippen LogP contribution in [0.4, 0.5) is 5.69 Å². The van der Waals surface area contributed by atoms with Crippen molar-refractivity contribution >= 4 is 5.69 Å². The zero-order chi connectivity index (χ0) is 17.1. The smallest absolute Gasteiger partial charge is 0.125 e. The fourth-order valence-electron chi connectivity index (χ4n) is 3.08. The minimum absolute atomic E-state index is 0.821. The number of benzene rings is 1. The van der Waals surface area contributed by atoms with Crippen molar-refractivity contribution in [1.82, 2.24) is 0 Å². The van der Waals surface area contributed by atoms with Crippen molar-refractivity contribution in [3.63, 3.8) is 0 Å². The van der Waals surface area contributed by atoms with Crippen LogP contribution >= 0.6 is 0 Å². The van der Waals surface area contributed by atoms with Gasteiger partial charge >= 0.3 is 0 Å². The Morgan fingerprint density at radius 3 is 1.87 bits per heavy atom. The number of ether oxygens (including phenoxy) is 1. The molecule has 2 heteroatoms. The van der Waals surface area contributed by atoms with Gasteiger partial charge in [0, 0.05) is 5.69 Å². The summed E-state index contributed by atoms with van der Waals surface area (Å²) in [6, 6.07) is 2.02. The van der Waals surface area contributed by atoms with E-state index in [0.29, 0.717) is 0 Å². The van der Waals surface area contributed by atoms with Gasteiger partial charge in [-0.1, -0.05) is 64.7 Å². The van der Waals surface area contributed by atoms with Crippen LogP contribution in [-0.2, 0) is 0 Å². The van der Waals surface area contributed by atoms with Gasteiger partial charge in [0.2, 0.25) is 0 Å². The van der Waals surface area contributed by atoms with Gasteiger partial charge in [-0.25, -0.2) is 0 Å². The summed E-state index contributed by atoms with van der Waals surface area (Å²) in [5, 5.41) is 0. The predicted molar refractivity (Wildman–Crippen MR) is 102 cm³/mol. The highest BCUT2D eigenvalue weighted by molar-refractivity contribution is 5.58. The Kier molecular flexibility index (Phi) is 9.82. The number of nitrogens with two attached hydrogens (primary N) is 1. The predicted octanol–water partition coefficient (Wildman–Crippen LogP) is 6.49. The fraction of sp³-hybridized carbons (Fsp3) is 0.714. The molecule has 23 heavy (non-hydrogen) atoms. The number of rotatable bonds is 12. The molecule has 0 saturated heterocycles. The highest BCUT2D eigenvalue weighted by atomic mass is 16.5. The second-order valence-electron chi connectivity index (χ2n) is 6.89. The van der Waals surface area contributed by atoms with Crippen molar-refractivity contribution < 1.29 is 4.74 Å². The lowest BCUT2D eigenvalue weighted by atomic mass is 10.0. The average molecular weight is 320 g/mol. The Labute approximate surface area is 143 Å². The van der Waals surface area contributed by atoms with Crippen LogP contribution < -0.4 is 10.5 Å². The molecule has 1 aromatic carbocycles. The van der Waals surface area contributed by atoms with Gasteiger partial charge in [0.1, 0.15) is 5.75 Å². The molecule has 132 valence electrons. The SMILES string of the molecule is CCCCCCCCCCCCOc1c(C)cc(N)c(C)c1C. The number of hydrogen-bond acceptors (Lipinski definition) is 2. The van der Waals surface area contributed by atoms with Gasteiger partial charge in [0.05, 0.1) is 6.61 Å². The zero-order valence-electron chi connectivity index (χ0n) is 15.8. The zero-order valence-corrected chi connectivity index (χ0v) is 15.8. The van der Waals surface area contributed by atoms with Crippen molar-refractivity contribution in [2.75, 3.05) is 12.3 Å². The van der Waals surface area contributed by atoms with Crippen molar-refractivity contribution in [1.29, 1.82) is 0 Å². The molecule has 2 nitrogen and oxygen atoms in total. The van der Waals surface area contributed by atoms with Gasteiger partial charge in [0.25, 0.3) is 0 Å². The maximum atomic E-state index is 6.02. The van der Waals surface area contributed by atoms with Crippen LogP contribution in [0.5, 0.6) is 5.75 Å². The molecule has 0 heterocycles. The summed E-state index contributed by atoms with van der Waals surface area (Å²) in [6.07, 6.45) is 13.6. The molecule has 0 saturated carbocycles. The van der Waals surface area contributed by atoms with Crippen LogP contribution in [0, 0.1) is 20.8 Å². The standard InChI is InChI=1S/C21H37NO/c1-5-6-7-8-9-10-11-12-13-14-15-23-21-17(2)16-20(22)18(3)19(21)4/h16H,5-15,22H2,1-4H3. The van der Waals surface area contributed by atoms with Crippen LogP contribution in [0.2, 0.25) is 0 Å². The largest absolute Gasteiger partial charge is 0.493 e. The first-order valence-corrected chi connectivity index (χ1v) is 9.57. The van der Waals surface area contributed by atoms with Crippen LogP contribution in [-0.4, -0.2) is 6.61 Å². The van der Waals surface area contributed by atoms with E-state index in [1.807, 2.05) is 6.07 Å². The fourth-order valence-corrected chi connectivity index (χ4v) is 3.08. The van der Waals surface area contributed by atoms with E-state index in [1.54, 1.807) is 0 Å². The molecule has 0 spiro atoms. The molecule has 0 aliphatic heterocycles. The summed E-state index contributed by atoms with van der Waals surface area (Å²) in [4.78, 5) is 0. The maximum Gasteiger partial charge on any atom is 0.125 e. The van der Waals surface area contributed by atoms with Crippen LogP contribution in [0.25, 0.3) is 0 Å². The molecule has 0 bridgehead atoms. The Bertz CT molecular complexity index is 454. The lowest BCUT2D eigenvalue weighted by molar-refractivity contribution is 0.300. The van der Waals surface area contributed by atoms with E-state index < -0.39 is 0 Å². The highest BCUT2D eigenvalue weighted by Crippen LogP contribution is 2.30. The summed E-state index contributed by atoms with van der Waals surface area (Å²) in [5.74, 6) is 1.03. The third-order valence-electron chi connectivity index (χ3n) is 4.81. The summed E-state index contributed by atoms with van der Waals surface area (Å²) in [7, 11) is 0. The number of unbranched alkanes of at least 4 members (excludes halogenated alkanes) is 9. The lowest BCUT2D eigenvalue weighted by Crippen LogP contribution is -2.03.